The summed E-state index contributed by atoms with van der Waals surface area (Å²) in [5.41, 5.74) is 1.71. The number of ether oxygens (including phenoxy) is 1. The fourth-order valence-corrected chi connectivity index (χ4v) is 3.83. The number of rotatable bonds is 9. The summed E-state index contributed by atoms with van der Waals surface area (Å²) in [7, 11) is 0. The molecule has 1 aliphatic rings. The van der Waals surface area contributed by atoms with E-state index in [0.717, 1.165) is 24.2 Å². The second-order valence-corrected chi connectivity index (χ2v) is 8.45. The number of hydrogen-bond acceptors (Lipinski definition) is 6. The molecule has 8 nitrogen and oxygen atoms in total. The van der Waals surface area contributed by atoms with Crippen LogP contribution >= 0.6 is 0 Å². The van der Waals surface area contributed by atoms with Gasteiger partial charge < -0.3 is 9.64 Å². The molecule has 0 radical (unpaired) electrons. The van der Waals surface area contributed by atoms with Gasteiger partial charge in [-0.25, -0.2) is 15.0 Å². The van der Waals surface area contributed by atoms with Gasteiger partial charge in [0.05, 0.1) is 6.04 Å². The molecule has 0 bridgehead atoms. The number of carbonyl (C=O) groups excluding carboxylic acids is 1. The SMILES string of the molecule is CC(c1ncnn1-c1ncccn1)N(CC1CC1)C(=O)c1ccc(OCc2ccccc2)cc1. The van der Waals surface area contributed by atoms with Crippen LogP contribution in [0.4, 0.5) is 0 Å². The lowest BCUT2D eigenvalue weighted by atomic mass is 10.1. The van der Waals surface area contributed by atoms with E-state index in [4.69, 9.17) is 4.74 Å². The molecule has 8 heteroatoms. The van der Waals surface area contributed by atoms with Gasteiger partial charge in [-0.3, -0.25) is 4.79 Å². The van der Waals surface area contributed by atoms with Crippen LogP contribution in [0.1, 0.15) is 47.6 Å². The van der Waals surface area contributed by atoms with Crippen molar-refractivity contribution in [3.63, 3.8) is 0 Å². The van der Waals surface area contributed by atoms with Crippen LogP contribution in [0.15, 0.2) is 79.4 Å². The molecule has 172 valence electrons. The average Bonchev–Trinajstić information content (AvgIpc) is 3.59. The quantitative estimate of drug-likeness (QED) is 0.376. The zero-order valence-corrected chi connectivity index (χ0v) is 19.0. The first-order valence-corrected chi connectivity index (χ1v) is 11.4. The first-order valence-electron chi connectivity index (χ1n) is 11.4. The van der Waals surface area contributed by atoms with E-state index in [1.807, 2.05) is 66.4 Å². The molecule has 5 rings (SSSR count). The summed E-state index contributed by atoms with van der Waals surface area (Å²) in [6, 6.07) is 18.8. The third-order valence-electron chi connectivity index (χ3n) is 5.92. The Labute approximate surface area is 198 Å². The van der Waals surface area contributed by atoms with Crippen molar-refractivity contribution in [1.29, 1.82) is 0 Å². The topological polar surface area (TPSA) is 86.0 Å². The van der Waals surface area contributed by atoms with Crippen molar-refractivity contribution in [3.8, 4) is 11.7 Å². The third-order valence-corrected chi connectivity index (χ3v) is 5.92. The molecule has 1 unspecified atom stereocenters. The van der Waals surface area contributed by atoms with Crippen LogP contribution in [0, 0.1) is 5.92 Å². The van der Waals surface area contributed by atoms with Crippen LogP contribution in [0.2, 0.25) is 0 Å². The van der Waals surface area contributed by atoms with Crippen molar-refractivity contribution in [2.45, 2.75) is 32.4 Å². The van der Waals surface area contributed by atoms with E-state index in [0.29, 0.717) is 36.4 Å². The van der Waals surface area contributed by atoms with Gasteiger partial charge in [-0.05, 0) is 61.6 Å². The highest BCUT2D eigenvalue weighted by atomic mass is 16.5. The molecular formula is C26H26N6O2. The van der Waals surface area contributed by atoms with E-state index in [-0.39, 0.29) is 11.9 Å². The first-order chi connectivity index (χ1) is 16.7. The molecule has 34 heavy (non-hydrogen) atoms. The summed E-state index contributed by atoms with van der Waals surface area (Å²) in [5, 5.41) is 4.30. The molecule has 1 amide bonds. The van der Waals surface area contributed by atoms with Crippen LogP contribution < -0.4 is 4.74 Å². The van der Waals surface area contributed by atoms with Crippen molar-refractivity contribution < 1.29 is 9.53 Å². The predicted octanol–water partition coefficient (Wildman–Crippen LogP) is 4.25. The minimum atomic E-state index is -0.298. The monoisotopic (exact) mass is 454 g/mol. The molecule has 2 aromatic heterocycles. The lowest BCUT2D eigenvalue weighted by molar-refractivity contribution is 0.0670. The molecule has 0 spiro atoms. The molecule has 2 aromatic carbocycles. The van der Waals surface area contributed by atoms with Gasteiger partial charge in [0.1, 0.15) is 18.7 Å². The Morgan fingerprint density at radius 3 is 2.47 bits per heavy atom. The average molecular weight is 455 g/mol. The van der Waals surface area contributed by atoms with E-state index < -0.39 is 0 Å². The fraction of sp³-hybridized carbons (Fsp3) is 0.269. The van der Waals surface area contributed by atoms with Crippen LogP contribution in [-0.2, 0) is 6.61 Å². The number of hydrogen-bond donors (Lipinski definition) is 0. The smallest absolute Gasteiger partial charge is 0.254 e. The number of aromatic nitrogens is 5. The van der Waals surface area contributed by atoms with Crippen LogP contribution in [-0.4, -0.2) is 42.1 Å². The van der Waals surface area contributed by atoms with Gasteiger partial charge in [-0.15, -0.1) is 0 Å². The van der Waals surface area contributed by atoms with Crippen molar-refractivity contribution >= 4 is 5.91 Å². The summed E-state index contributed by atoms with van der Waals surface area (Å²) < 4.78 is 7.47. The summed E-state index contributed by atoms with van der Waals surface area (Å²) >= 11 is 0. The Morgan fingerprint density at radius 2 is 1.76 bits per heavy atom. The van der Waals surface area contributed by atoms with Crippen molar-refractivity contribution in [3.05, 3.63) is 96.3 Å². The highest BCUT2D eigenvalue weighted by molar-refractivity contribution is 5.94. The van der Waals surface area contributed by atoms with E-state index in [1.165, 1.54) is 6.33 Å². The van der Waals surface area contributed by atoms with Crippen molar-refractivity contribution in [1.82, 2.24) is 29.6 Å². The Bertz CT molecular complexity index is 1220. The molecule has 4 aromatic rings. The Kier molecular flexibility index (Phi) is 6.29. The minimum absolute atomic E-state index is 0.0439. The molecule has 1 saturated carbocycles. The summed E-state index contributed by atoms with van der Waals surface area (Å²) in [6.07, 6.45) is 7.06. The fourth-order valence-electron chi connectivity index (χ4n) is 3.83. The molecule has 0 saturated heterocycles. The number of benzene rings is 2. The van der Waals surface area contributed by atoms with Gasteiger partial charge in [0.25, 0.3) is 11.9 Å². The van der Waals surface area contributed by atoms with E-state index >= 15 is 0 Å². The molecule has 1 aliphatic carbocycles. The van der Waals surface area contributed by atoms with Crippen molar-refractivity contribution in [2.75, 3.05) is 6.54 Å². The van der Waals surface area contributed by atoms with E-state index in [2.05, 4.69) is 20.1 Å². The maximum Gasteiger partial charge on any atom is 0.254 e. The number of nitrogens with zero attached hydrogens (tertiary/aromatic N) is 6. The predicted molar refractivity (Wildman–Crippen MR) is 126 cm³/mol. The summed E-state index contributed by atoms with van der Waals surface area (Å²) in [4.78, 5) is 28.5. The largest absolute Gasteiger partial charge is 0.489 e. The Hall–Kier alpha value is -4.07. The van der Waals surface area contributed by atoms with Gasteiger partial charge in [-0.2, -0.15) is 9.78 Å². The van der Waals surface area contributed by atoms with Crippen molar-refractivity contribution in [2.24, 2.45) is 5.92 Å². The zero-order valence-electron chi connectivity index (χ0n) is 19.0. The third kappa shape index (κ3) is 4.96. The normalized spacial score (nSPS) is 13.9. The summed E-state index contributed by atoms with van der Waals surface area (Å²) in [5.74, 6) is 2.26. The molecule has 2 heterocycles. The van der Waals surface area contributed by atoms with E-state index in [1.54, 1.807) is 23.1 Å². The molecule has 1 fully saturated rings. The molecule has 0 N–H and O–H groups in total. The van der Waals surface area contributed by atoms with Crippen LogP contribution in [0.25, 0.3) is 5.95 Å². The second-order valence-electron chi connectivity index (χ2n) is 8.45. The second kappa shape index (κ2) is 9.82. The van der Waals surface area contributed by atoms with E-state index in [9.17, 15) is 4.79 Å². The van der Waals surface area contributed by atoms with Gasteiger partial charge in [0, 0.05) is 24.5 Å². The van der Waals surface area contributed by atoms with Gasteiger partial charge in [0.2, 0.25) is 0 Å². The highest BCUT2D eigenvalue weighted by Crippen LogP contribution is 2.33. The number of carbonyl (C=O) groups is 1. The van der Waals surface area contributed by atoms with Crippen LogP contribution in [0.3, 0.4) is 0 Å². The molecular weight excluding hydrogens is 428 g/mol. The lowest BCUT2D eigenvalue weighted by Gasteiger charge is -2.29. The highest BCUT2D eigenvalue weighted by Gasteiger charge is 2.33. The zero-order chi connectivity index (χ0) is 23.3. The first kappa shape index (κ1) is 21.8. The van der Waals surface area contributed by atoms with Crippen LogP contribution in [0.5, 0.6) is 5.75 Å². The Morgan fingerprint density at radius 1 is 1.03 bits per heavy atom. The summed E-state index contributed by atoms with van der Waals surface area (Å²) in [6.45, 7) is 3.13. The lowest BCUT2D eigenvalue weighted by Crippen LogP contribution is -2.36. The number of amides is 1. The Balaban J connectivity index is 1.33. The standard InChI is InChI=1S/C26H26N6O2/c1-19(24-29-18-30-32(24)26-27-14-5-15-28-26)31(16-20-8-9-20)25(33)22-10-12-23(13-11-22)34-17-21-6-3-2-4-7-21/h2-7,10-15,18-20H,8-9,16-17H2,1H3. The minimum Gasteiger partial charge on any atom is -0.489 e. The van der Waals surface area contributed by atoms with Gasteiger partial charge >= 0.3 is 0 Å². The maximum atomic E-state index is 13.6. The van der Waals surface area contributed by atoms with Gasteiger partial charge in [-0.1, -0.05) is 30.3 Å². The maximum absolute atomic E-state index is 13.6. The van der Waals surface area contributed by atoms with Gasteiger partial charge in [0.15, 0.2) is 5.82 Å². The molecule has 0 aliphatic heterocycles. The molecule has 1 atom stereocenters.